The molecule has 18 heavy (non-hydrogen) atoms. The second-order valence-corrected chi connectivity index (χ2v) is 6.78. The summed E-state index contributed by atoms with van der Waals surface area (Å²) < 4.78 is 27.0. The topological polar surface area (TPSA) is 83.5 Å². The molecule has 1 aromatic carbocycles. The maximum Gasteiger partial charge on any atom is 0.324 e. The molecule has 1 aliphatic rings. The first kappa shape index (κ1) is 13.5. The first-order valence-corrected chi connectivity index (χ1v) is 7.67. The van der Waals surface area contributed by atoms with Crippen molar-refractivity contribution in [2.24, 2.45) is 0 Å². The van der Waals surface area contributed by atoms with E-state index in [9.17, 15) is 13.2 Å². The van der Waals surface area contributed by atoms with Crippen molar-refractivity contribution in [2.45, 2.75) is 29.7 Å². The Labute approximate surface area is 113 Å². The van der Waals surface area contributed by atoms with Crippen LogP contribution in [-0.4, -0.2) is 25.0 Å². The van der Waals surface area contributed by atoms with E-state index in [1.165, 1.54) is 6.07 Å². The molecule has 0 atom stereocenters. The van der Waals surface area contributed by atoms with Crippen molar-refractivity contribution in [3.05, 3.63) is 28.7 Å². The minimum absolute atomic E-state index is 0.0533. The lowest BCUT2D eigenvalue weighted by Crippen LogP contribution is -2.58. The van der Waals surface area contributed by atoms with Gasteiger partial charge in [-0.15, -0.1) is 0 Å². The van der Waals surface area contributed by atoms with Crippen LogP contribution in [0.2, 0.25) is 0 Å². The van der Waals surface area contributed by atoms with Gasteiger partial charge in [-0.1, -0.05) is 12.1 Å². The summed E-state index contributed by atoms with van der Waals surface area (Å²) in [5.41, 5.74) is -1.34. The van der Waals surface area contributed by atoms with Crippen LogP contribution in [0.25, 0.3) is 0 Å². The van der Waals surface area contributed by atoms with E-state index in [0.717, 1.165) is 0 Å². The van der Waals surface area contributed by atoms with E-state index < -0.39 is 21.5 Å². The molecule has 1 fully saturated rings. The normalized spacial score (nSPS) is 18.1. The van der Waals surface area contributed by atoms with Crippen molar-refractivity contribution >= 4 is 31.9 Å². The summed E-state index contributed by atoms with van der Waals surface area (Å²) >= 11 is 3.15. The Kier molecular flexibility index (Phi) is 3.48. The van der Waals surface area contributed by atoms with Gasteiger partial charge < -0.3 is 5.11 Å². The first-order valence-electron chi connectivity index (χ1n) is 5.39. The van der Waals surface area contributed by atoms with Gasteiger partial charge in [-0.2, -0.15) is 4.72 Å². The van der Waals surface area contributed by atoms with E-state index in [1.807, 2.05) is 0 Å². The van der Waals surface area contributed by atoms with Crippen LogP contribution in [0.1, 0.15) is 19.3 Å². The van der Waals surface area contributed by atoms with Gasteiger partial charge in [-0.05, 0) is 47.3 Å². The number of carboxylic acids is 1. The quantitative estimate of drug-likeness (QED) is 0.878. The third-order valence-electron chi connectivity index (χ3n) is 3.07. The highest BCUT2D eigenvalue weighted by Crippen LogP contribution is 2.34. The van der Waals surface area contributed by atoms with Crippen LogP contribution in [0.3, 0.4) is 0 Å². The molecule has 7 heteroatoms. The predicted octanol–water partition coefficient (Wildman–Crippen LogP) is 1.73. The molecule has 1 saturated carbocycles. The van der Waals surface area contributed by atoms with Gasteiger partial charge in [0.05, 0.1) is 4.90 Å². The van der Waals surface area contributed by atoms with Crippen LogP contribution in [0, 0.1) is 0 Å². The Morgan fingerprint density at radius 3 is 2.39 bits per heavy atom. The number of hydrogen-bond acceptors (Lipinski definition) is 3. The van der Waals surface area contributed by atoms with Crippen molar-refractivity contribution in [2.75, 3.05) is 0 Å². The summed E-state index contributed by atoms with van der Waals surface area (Å²) in [6.07, 6.45) is 1.36. The molecule has 0 saturated heterocycles. The molecule has 0 amide bonds. The number of benzene rings is 1. The Bertz CT molecular complexity index is 580. The number of carboxylic acid groups (broad SMARTS) is 1. The molecule has 0 aliphatic heterocycles. The largest absolute Gasteiger partial charge is 0.480 e. The molecule has 1 aliphatic carbocycles. The van der Waals surface area contributed by atoms with Crippen LogP contribution in [-0.2, 0) is 14.8 Å². The maximum absolute atomic E-state index is 12.2. The third-order valence-corrected chi connectivity index (χ3v) is 5.62. The Hall–Kier alpha value is -0.920. The third kappa shape index (κ3) is 2.30. The molecule has 0 aromatic heterocycles. The minimum atomic E-state index is -3.83. The predicted molar refractivity (Wildman–Crippen MR) is 68.7 cm³/mol. The number of aliphatic carboxylic acids is 1. The Morgan fingerprint density at radius 2 is 1.94 bits per heavy atom. The summed E-state index contributed by atoms with van der Waals surface area (Å²) in [7, 11) is -3.83. The molecule has 0 spiro atoms. The smallest absolute Gasteiger partial charge is 0.324 e. The molecular formula is C11H12BrNO4S. The number of halogens is 1. The first-order chi connectivity index (χ1) is 8.37. The number of rotatable bonds is 4. The molecule has 1 aromatic rings. The number of carbonyl (C=O) groups is 1. The van der Waals surface area contributed by atoms with E-state index in [2.05, 4.69) is 20.7 Å². The zero-order chi connectivity index (χ0) is 13.4. The van der Waals surface area contributed by atoms with Gasteiger partial charge in [0, 0.05) is 4.47 Å². The average Bonchev–Trinajstić information content (AvgIpc) is 2.23. The SMILES string of the molecule is O=C(O)C1(NS(=O)(=O)c2ccccc2Br)CCC1. The van der Waals surface area contributed by atoms with Crippen molar-refractivity contribution in [1.82, 2.24) is 4.72 Å². The second kappa shape index (κ2) is 4.64. The Balaban J connectivity index is 2.34. The standard InChI is InChI=1S/C11H12BrNO4S/c12-8-4-1-2-5-9(8)18(16,17)13-11(10(14)15)6-3-7-11/h1-2,4-5,13H,3,6-7H2,(H,14,15). The lowest BCUT2D eigenvalue weighted by molar-refractivity contribution is -0.147. The van der Waals surface area contributed by atoms with E-state index in [0.29, 0.717) is 23.7 Å². The van der Waals surface area contributed by atoms with E-state index >= 15 is 0 Å². The summed E-state index contributed by atoms with van der Waals surface area (Å²) in [5, 5.41) is 9.12. The Morgan fingerprint density at radius 1 is 1.33 bits per heavy atom. The molecule has 98 valence electrons. The van der Waals surface area contributed by atoms with Crippen LogP contribution < -0.4 is 4.72 Å². The fourth-order valence-corrected chi connectivity index (χ4v) is 4.29. The zero-order valence-corrected chi connectivity index (χ0v) is 11.8. The summed E-state index contributed by atoms with van der Waals surface area (Å²) in [5.74, 6) is -1.12. The summed E-state index contributed by atoms with van der Waals surface area (Å²) in [6, 6.07) is 6.32. The van der Waals surface area contributed by atoms with Crippen molar-refractivity contribution in [3.8, 4) is 0 Å². The van der Waals surface area contributed by atoms with E-state index in [1.54, 1.807) is 18.2 Å². The van der Waals surface area contributed by atoms with Gasteiger partial charge in [-0.25, -0.2) is 8.42 Å². The molecule has 5 nitrogen and oxygen atoms in total. The lowest BCUT2D eigenvalue weighted by atomic mass is 9.78. The van der Waals surface area contributed by atoms with E-state index in [4.69, 9.17) is 5.11 Å². The number of sulfonamides is 1. The molecule has 0 radical (unpaired) electrons. The monoisotopic (exact) mass is 333 g/mol. The van der Waals surface area contributed by atoms with Gasteiger partial charge in [0.25, 0.3) is 0 Å². The molecule has 2 rings (SSSR count). The van der Waals surface area contributed by atoms with Crippen LogP contribution in [0.4, 0.5) is 0 Å². The second-order valence-electron chi connectivity index (χ2n) is 4.28. The maximum atomic E-state index is 12.2. The number of nitrogens with one attached hydrogen (secondary N) is 1. The van der Waals surface area contributed by atoms with Gasteiger partial charge in [0.15, 0.2) is 0 Å². The van der Waals surface area contributed by atoms with Crippen LogP contribution in [0.15, 0.2) is 33.6 Å². The molecule has 2 N–H and O–H groups in total. The van der Waals surface area contributed by atoms with Crippen LogP contribution in [0.5, 0.6) is 0 Å². The zero-order valence-electron chi connectivity index (χ0n) is 9.39. The van der Waals surface area contributed by atoms with Gasteiger partial charge in [0.1, 0.15) is 5.54 Å². The summed E-state index contributed by atoms with van der Waals surface area (Å²) in [6.45, 7) is 0. The van der Waals surface area contributed by atoms with Crippen molar-refractivity contribution < 1.29 is 18.3 Å². The van der Waals surface area contributed by atoms with E-state index in [-0.39, 0.29) is 4.90 Å². The molecule has 0 heterocycles. The lowest BCUT2D eigenvalue weighted by Gasteiger charge is -2.37. The molecule has 0 unspecified atom stereocenters. The fraction of sp³-hybridized carbons (Fsp3) is 0.364. The highest BCUT2D eigenvalue weighted by Gasteiger charge is 2.47. The number of hydrogen-bond donors (Lipinski definition) is 2. The molecular weight excluding hydrogens is 322 g/mol. The minimum Gasteiger partial charge on any atom is -0.480 e. The summed E-state index contributed by atoms with van der Waals surface area (Å²) in [4.78, 5) is 11.2. The van der Waals surface area contributed by atoms with Gasteiger partial charge in [-0.3, -0.25) is 4.79 Å². The fourth-order valence-electron chi connectivity index (χ4n) is 1.86. The average molecular weight is 334 g/mol. The van der Waals surface area contributed by atoms with Crippen molar-refractivity contribution in [1.29, 1.82) is 0 Å². The van der Waals surface area contributed by atoms with Crippen LogP contribution >= 0.6 is 15.9 Å². The molecule has 0 bridgehead atoms. The van der Waals surface area contributed by atoms with Gasteiger partial charge >= 0.3 is 5.97 Å². The van der Waals surface area contributed by atoms with Crippen molar-refractivity contribution in [3.63, 3.8) is 0 Å². The van der Waals surface area contributed by atoms with Gasteiger partial charge in [0.2, 0.25) is 10.0 Å². The highest BCUT2D eigenvalue weighted by atomic mass is 79.9. The highest BCUT2D eigenvalue weighted by molar-refractivity contribution is 9.10.